The Kier molecular flexibility index (Phi) is 4.95. The second kappa shape index (κ2) is 7.32. The number of carbonyl (C=O) groups excluding carboxylic acids is 1. The highest BCUT2D eigenvalue weighted by atomic mass is 35.5. The predicted molar refractivity (Wildman–Crippen MR) is 98.1 cm³/mol. The third kappa shape index (κ3) is 4.33. The van der Waals surface area contributed by atoms with Gasteiger partial charge in [-0.2, -0.15) is 0 Å². The largest absolute Gasteiger partial charge is 0.354 e. The molecule has 25 heavy (non-hydrogen) atoms. The molecule has 0 bridgehead atoms. The van der Waals surface area contributed by atoms with E-state index in [1.807, 2.05) is 13.0 Å². The molecular formula is C19H15ClFN3O. The van der Waals surface area contributed by atoms with Crippen molar-refractivity contribution < 1.29 is 9.18 Å². The van der Waals surface area contributed by atoms with Gasteiger partial charge < -0.3 is 10.6 Å². The molecule has 126 valence electrons. The minimum absolute atomic E-state index is 0.279. The number of amides is 1. The van der Waals surface area contributed by atoms with Crippen LogP contribution in [-0.2, 0) is 0 Å². The van der Waals surface area contributed by atoms with Gasteiger partial charge in [-0.25, -0.2) is 9.37 Å². The smallest absolute Gasteiger partial charge is 0.274 e. The van der Waals surface area contributed by atoms with Gasteiger partial charge in [0.25, 0.3) is 5.91 Å². The molecular weight excluding hydrogens is 341 g/mol. The SMILES string of the molecule is Cc1ccc(NC(=O)c2ccc(Nc3ccc(F)cc3)cn2)cc1Cl. The minimum atomic E-state index is -0.326. The summed E-state index contributed by atoms with van der Waals surface area (Å²) in [5, 5.41) is 6.42. The van der Waals surface area contributed by atoms with Crippen LogP contribution >= 0.6 is 11.6 Å². The Balaban J connectivity index is 1.67. The van der Waals surface area contributed by atoms with Gasteiger partial charge in [-0.1, -0.05) is 17.7 Å². The quantitative estimate of drug-likeness (QED) is 0.678. The number of nitrogens with zero attached hydrogens (tertiary/aromatic N) is 1. The fraction of sp³-hybridized carbons (Fsp3) is 0.0526. The van der Waals surface area contributed by atoms with Crippen LogP contribution in [0.25, 0.3) is 0 Å². The Bertz CT molecular complexity index is 896. The monoisotopic (exact) mass is 355 g/mol. The van der Waals surface area contributed by atoms with Crippen LogP contribution in [0, 0.1) is 12.7 Å². The normalized spacial score (nSPS) is 10.4. The molecule has 1 aromatic heterocycles. The second-order valence-electron chi connectivity index (χ2n) is 5.48. The number of anilines is 3. The lowest BCUT2D eigenvalue weighted by Gasteiger charge is -2.08. The Labute approximate surface area is 149 Å². The molecule has 0 spiro atoms. The molecule has 2 N–H and O–H groups in total. The van der Waals surface area contributed by atoms with E-state index in [1.165, 1.54) is 12.1 Å². The fourth-order valence-electron chi connectivity index (χ4n) is 2.17. The first-order chi connectivity index (χ1) is 12.0. The number of halogens is 2. The zero-order chi connectivity index (χ0) is 17.8. The van der Waals surface area contributed by atoms with Gasteiger partial charge in [0, 0.05) is 16.4 Å². The highest BCUT2D eigenvalue weighted by molar-refractivity contribution is 6.31. The number of pyridine rings is 1. The number of benzene rings is 2. The third-order valence-corrected chi connectivity index (χ3v) is 3.97. The van der Waals surface area contributed by atoms with Gasteiger partial charge in [0.1, 0.15) is 11.5 Å². The summed E-state index contributed by atoms with van der Waals surface area (Å²) in [4.78, 5) is 16.4. The number of hydrogen-bond donors (Lipinski definition) is 2. The highest BCUT2D eigenvalue weighted by Gasteiger charge is 2.08. The fourth-order valence-corrected chi connectivity index (χ4v) is 2.35. The number of rotatable bonds is 4. The van der Waals surface area contributed by atoms with Crippen LogP contribution in [0.1, 0.15) is 16.1 Å². The Morgan fingerprint density at radius 1 is 1.00 bits per heavy atom. The van der Waals surface area contributed by atoms with E-state index in [0.29, 0.717) is 16.4 Å². The first kappa shape index (κ1) is 16.9. The molecule has 0 radical (unpaired) electrons. The maximum Gasteiger partial charge on any atom is 0.274 e. The van der Waals surface area contributed by atoms with Crippen molar-refractivity contribution in [3.63, 3.8) is 0 Å². The molecule has 1 heterocycles. The van der Waals surface area contributed by atoms with Crippen LogP contribution in [0.3, 0.4) is 0 Å². The molecule has 0 aliphatic rings. The Hall–Kier alpha value is -2.92. The van der Waals surface area contributed by atoms with Crippen molar-refractivity contribution in [1.82, 2.24) is 4.98 Å². The van der Waals surface area contributed by atoms with Crippen LogP contribution in [0.2, 0.25) is 5.02 Å². The van der Waals surface area contributed by atoms with E-state index in [4.69, 9.17) is 11.6 Å². The summed E-state index contributed by atoms with van der Waals surface area (Å²) >= 11 is 6.05. The van der Waals surface area contributed by atoms with Crippen LogP contribution in [-0.4, -0.2) is 10.9 Å². The number of nitrogens with one attached hydrogen (secondary N) is 2. The van der Waals surface area contributed by atoms with Crippen molar-refractivity contribution in [3.05, 3.63) is 82.9 Å². The van der Waals surface area contributed by atoms with Gasteiger partial charge in [-0.05, 0) is 61.0 Å². The maximum absolute atomic E-state index is 12.9. The number of aromatic nitrogens is 1. The number of aryl methyl sites for hydroxylation is 1. The average Bonchev–Trinajstić information content (AvgIpc) is 2.61. The van der Waals surface area contributed by atoms with Gasteiger partial charge in [0.05, 0.1) is 11.9 Å². The summed E-state index contributed by atoms with van der Waals surface area (Å²) in [5.41, 5.74) is 3.25. The molecule has 2 aromatic carbocycles. The zero-order valence-corrected chi connectivity index (χ0v) is 14.1. The van der Waals surface area contributed by atoms with E-state index in [9.17, 15) is 9.18 Å². The van der Waals surface area contributed by atoms with Gasteiger partial charge in [-0.15, -0.1) is 0 Å². The van der Waals surface area contributed by atoms with Crippen LogP contribution < -0.4 is 10.6 Å². The molecule has 6 heteroatoms. The first-order valence-electron chi connectivity index (χ1n) is 7.57. The molecule has 4 nitrogen and oxygen atoms in total. The highest BCUT2D eigenvalue weighted by Crippen LogP contribution is 2.21. The average molecular weight is 356 g/mol. The molecule has 0 aliphatic heterocycles. The maximum atomic E-state index is 12.9. The topological polar surface area (TPSA) is 54.0 Å². The molecule has 3 aromatic rings. The zero-order valence-electron chi connectivity index (χ0n) is 13.4. The molecule has 0 unspecified atom stereocenters. The lowest BCUT2D eigenvalue weighted by atomic mass is 10.2. The van der Waals surface area contributed by atoms with E-state index < -0.39 is 0 Å². The molecule has 1 amide bonds. The van der Waals surface area contributed by atoms with Gasteiger partial charge >= 0.3 is 0 Å². The molecule has 0 saturated heterocycles. The standard InChI is InChI=1S/C19H15ClFN3O/c1-12-2-5-15(10-17(12)20)24-19(25)18-9-8-16(11-22-18)23-14-6-3-13(21)4-7-14/h2-11,23H,1H3,(H,24,25). The predicted octanol–water partition coefficient (Wildman–Crippen LogP) is 5.18. The van der Waals surface area contributed by atoms with Crippen molar-refractivity contribution in [2.75, 3.05) is 10.6 Å². The summed E-state index contributed by atoms with van der Waals surface area (Å²) in [7, 11) is 0. The Morgan fingerprint density at radius 3 is 2.32 bits per heavy atom. The van der Waals surface area contributed by atoms with E-state index in [1.54, 1.807) is 42.6 Å². The summed E-state index contributed by atoms with van der Waals surface area (Å²) in [6.07, 6.45) is 1.54. The molecule has 3 rings (SSSR count). The lowest BCUT2D eigenvalue weighted by molar-refractivity contribution is 0.102. The summed E-state index contributed by atoms with van der Waals surface area (Å²) in [6.45, 7) is 1.89. The van der Waals surface area contributed by atoms with Gasteiger partial charge in [0.2, 0.25) is 0 Å². The van der Waals surface area contributed by atoms with E-state index in [2.05, 4.69) is 15.6 Å². The minimum Gasteiger partial charge on any atom is -0.354 e. The van der Waals surface area contributed by atoms with Crippen LogP contribution in [0.5, 0.6) is 0 Å². The van der Waals surface area contributed by atoms with Crippen molar-refractivity contribution in [3.8, 4) is 0 Å². The van der Waals surface area contributed by atoms with E-state index in [0.717, 1.165) is 11.3 Å². The number of carbonyl (C=O) groups is 1. The van der Waals surface area contributed by atoms with E-state index in [-0.39, 0.29) is 17.4 Å². The molecule has 0 saturated carbocycles. The van der Waals surface area contributed by atoms with Crippen molar-refractivity contribution in [2.45, 2.75) is 6.92 Å². The van der Waals surface area contributed by atoms with Crippen molar-refractivity contribution in [1.29, 1.82) is 0 Å². The molecule has 0 atom stereocenters. The van der Waals surface area contributed by atoms with Crippen LogP contribution in [0.15, 0.2) is 60.8 Å². The first-order valence-corrected chi connectivity index (χ1v) is 7.95. The Morgan fingerprint density at radius 2 is 1.68 bits per heavy atom. The summed E-state index contributed by atoms with van der Waals surface area (Å²) < 4.78 is 12.9. The molecule has 0 aliphatic carbocycles. The van der Waals surface area contributed by atoms with Gasteiger partial charge in [-0.3, -0.25) is 4.79 Å². The van der Waals surface area contributed by atoms with Crippen molar-refractivity contribution in [2.24, 2.45) is 0 Å². The number of hydrogen-bond acceptors (Lipinski definition) is 3. The third-order valence-electron chi connectivity index (χ3n) is 3.56. The lowest BCUT2D eigenvalue weighted by Crippen LogP contribution is -2.13. The van der Waals surface area contributed by atoms with Crippen molar-refractivity contribution >= 4 is 34.6 Å². The second-order valence-corrected chi connectivity index (χ2v) is 5.89. The van der Waals surface area contributed by atoms with Gasteiger partial charge in [0.15, 0.2) is 0 Å². The van der Waals surface area contributed by atoms with Crippen LogP contribution in [0.4, 0.5) is 21.5 Å². The van der Waals surface area contributed by atoms with E-state index >= 15 is 0 Å². The summed E-state index contributed by atoms with van der Waals surface area (Å²) in [5.74, 6) is -0.625. The summed E-state index contributed by atoms with van der Waals surface area (Å²) in [6, 6.07) is 14.6. The molecule has 0 fully saturated rings.